The largest absolute Gasteiger partial charge is 0.458 e. The molecule has 3 N–H and O–H groups in total. The van der Waals surface area contributed by atoms with Crippen molar-refractivity contribution >= 4 is 28.3 Å². The Labute approximate surface area is 109 Å². The molecule has 0 radical (unpaired) electrons. The summed E-state index contributed by atoms with van der Waals surface area (Å²) in [6.45, 7) is 2.04. The molecule has 0 aliphatic rings. The van der Waals surface area contributed by atoms with Gasteiger partial charge in [-0.15, -0.1) is 0 Å². The molecule has 0 fully saturated rings. The van der Waals surface area contributed by atoms with Crippen molar-refractivity contribution in [2.75, 3.05) is 5.73 Å². The lowest BCUT2D eigenvalue weighted by molar-refractivity contribution is 0.526. The number of hydrogen-bond acceptors (Lipinski definition) is 3. The van der Waals surface area contributed by atoms with E-state index in [0.717, 1.165) is 17.7 Å². The highest BCUT2D eigenvalue weighted by Crippen LogP contribution is 2.28. The SMILES string of the molecule is CCc1ccc(-c2nc3c(N)cc(Cl)cc3[nH]2)o1. The predicted octanol–water partition coefficient (Wildman–Crippen LogP) is 3.62. The lowest BCUT2D eigenvalue weighted by Gasteiger charge is -1.94. The maximum absolute atomic E-state index is 5.95. The summed E-state index contributed by atoms with van der Waals surface area (Å²) in [7, 11) is 0. The molecule has 18 heavy (non-hydrogen) atoms. The highest BCUT2D eigenvalue weighted by atomic mass is 35.5. The van der Waals surface area contributed by atoms with Crippen molar-refractivity contribution in [1.29, 1.82) is 0 Å². The van der Waals surface area contributed by atoms with Gasteiger partial charge in [-0.2, -0.15) is 0 Å². The average molecular weight is 262 g/mol. The van der Waals surface area contributed by atoms with Gasteiger partial charge in [0, 0.05) is 11.4 Å². The Balaban J connectivity index is 2.16. The van der Waals surface area contributed by atoms with Crippen LogP contribution in [0.3, 0.4) is 0 Å². The molecule has 5 heteroatoms. The molecule has 0 atom stereocenters. The monoisotopic (exact) mass is 261 g/mol. The highest BCUT2D eigenvalue weighted by Gasteiger charge is 2.11. The van der Waals surface area contributed by atoms with Crippen LogP contribution in [-0.4, -0.2) is 9.97 Å². The number of benzene rings is 1. The first kappa shape index (κ1) is 11.2. The summed E-state index contributed by atoms with van der Waals surface area (Å²) in [6, 6.07) is 7.33. The second-order valence-electron chi connectivity index (χ2n) is 4.10. The first-order valence-electron chi connectivity index (χ1n) is 5.71. The van der Waals surface area contributed by atoms with E-state index in [4.69, 9.17) is 21.8 Å². The number of nitrogens with two attached hydrogens (primary N) is 1. The molecule has 1 aromatic carbocycles. The molecule has 0 unspecified atom stereocenters. The van der Waals surface area contributed by atoms with Gasteiger partial charge in [-0.3, -0.25) is 0 Å². The molecule has 3 rings (SSSR count). The van der Waals surface area contributed by atoms with Crippen LogP contribution in [0.1, 0.15) is 12.7 Å². The number of H-pyrrole nitrogens is 1. The predicted molar refractivity (Wildman–Crippen MR) is 72.6 cm³/mol. The van der Waals surface area contributed by atoms with Crippen LogP contribution >= 0.6 is 11.6 Å². The van der Waals surface area contributed by atoms with Gasteiger partial charge in [0.15, 0.2) is 11.6 Å². The van der Waals surface area contributed by atoms with Crippen LogP contribution in [0.15, 0.2) is 28.7 Å². The van der Waals surface area contributed by atoms with Gasteiger partial charge in [-0.25, -0.2) is 4.98 Å². The number of rotatable bonds is 2. The minimum atomic E-state index is 0.558. The zero-order valence-corrected chi connectivity index (χ0v) is 10.6. The molecule has 0 bridgehead atoms. The molecule has 92 valence electrons. The molecular weight excluding hydrogens is 250 g/mol. The fourth-order valence-electron chi connectivity index (χ4n) is 1.92. The second-order valence-corrected chi connectivity index (χ2v) is 4.53. The summed E-state index contributed by atoms with van der Waals surface area (Å²) < 4.78 is 5.65. The third kappa shape index (κ3) is 1.75. The van der Waals surface area contributed by atoms with Gasteiger partial charge in [0.05, 0.1) is 11.2 Å². The van der Waals surface area contributed by atoms with Gasteiger partial charge < -0.3 is 15.1 Å². The first-order valence-corrected chi connectivity index (χ1v) is 6.09. The van der Waals surface area contributed by atoms with Crippen LogP contribution in [-0.2, 0) is 6.42 Å². The van der Waals surface area contributed by atoms with Gasteiger partial charge in [-0.05, 0) is 24.3 Å². The van der Waals surface area contributed by atoms with E-state index in [1.165, 1.54) is 0 Å². The van der Waals surface area contributed by atoms with Crippen LogP contribution in [0.5, 0.6) is 0 Å². The Kier molecular flexibility index (Phi) is 2.52. The Morgan fingerprint density at radius 1 is 1.39 bits per heavy atom. The van der Waals surface area contributed by atoms with Crippen molar-refractivity contribution in [2.24, 2.45) is 0 Å². The number of anilines is 1. The Morgan fingerprint density at radius 3 is 2.94 bits per heavy atom. The number of imidazole rings is 1. The third-order valence-electron chi connectivity index (χ3n) is 2.82. The summed E-state index contributed by atoms with van der Waals surface area (Å²) in [6.07, 6.45) is 0.855. The fourth-order valence-corrected chi connectivity index (χ4v) is 2.15. The van der Waals surface area contributed by atoms with E-state index < -0.39 is 0 Å². The fraction of sp³-hybridized carbons (Fsp3) is 0.154. The highest BCUT2D eigenvalue weighted by molar-refractivity contribution is 6.31. The van der Waals surface area contributed by atoms with E-state index in [-0.39, 0.29) is 0 Å². The molecule has 2 heterocycles. The molecule has 0 saturated heterocycles. The lowest BCUT2D eigenvalue weighted by Crippen LogP contribution is -1.86. The van der Waals surface area contributed by atoms with Crippen LogP contribution in [0.4, 0.5) is 5.69 Å². The summed E-state index contributed by atoms with van der Waals surface area (Å²) in [4.78, 5) is 7.60. The average Bonchev–Trinajstić information content (AvgIpc) is 2.93. The van der Waals surface area contributed by atoms with E-state index in [0.29, 0.717) is 27.8 Å². The number of nitrogens with one attached hydrogen (secondary N) is 1. The number of hydrogen-bond donors (Lipinski definition) is 2. The van der Waals surface area contributed by atoms with Crippen molar-refractivity contribution in [2.45, 2.75) is 13.3 Å². The lowest BCUT2D eigenvalue weighted by atomic mass is 10.3. The quantitative estimate of drug-likeness (QED) is 0.692. The Hall–Kier alpha value is -1.94. The maximum Gasteiger partial charge on any atom is 0.174 e. The van der Waals surface area contributed by atoms with Gasteiger partial charge in [0.25, 0.3) is 0 Å². The number of aromatic amines is 1. The summed E-state index contributed by atoms with van der Waals surface area (Å²) >= 11 is 5.95. The number of aryl methyl sites for hydroxylation is 1. The van der Waals surface area contributed by atoms with Gasteiger partial charge in [0.1, 0.15) is 11.3 Å². The van der Waals surface area contributed by atoms with Crippen molar-refractivity contribution in [3.05, 3.63) is 35.0 Å². The van der Waals surface area contributed by atoms with E-state index >= 15 is 0 Å². The molecule has 0 aliphatic heterocycles. The molecule has 0 aliphatic carbocycles. The number of furan rings is 1. The van der Waals surface area contributed by atoms with Crippen molar-refractivity contribution in [1.82, 2.24) is 9.97 Å². The van der Waals surface area contributed by atoms with Crippen molar-refractivity contribution < 1.29 is 4.42 Å². The van der Waals surface area contributed by atoms with Crippen molar-refractivity contribution in [3.63, 3.8) is 0 Å². The third-order valence-corrected chi connectivity index (χ3v) is 3.04. The van der Waals surface area contributed by atoms with Crippen LogP contribution in [0.2, 0.25) is 5.02 Å². The van der Waals surface area contributed by atoms with E-state index in [9.17, 15) is 0 Å². The number of aromatic nitrogens is 2. The molecule has 3 aromatic rings. The molecule has 0 spiro atoms. The number of nitrogen functional groups attached to an aromatic ring is 1. The molecule has 0 amide bonds. The van der Waals surface area contributed by atoms with E-state index in [1.54, 1.807) is 12.1 Å². The zero-order chi connectivity index (χ0) is 12.7. The summed E-state index contributed by atoms with van der Waals surface area (Å²) in [5, 5.41) is 0.587. The first-order chi connectivity index (χ1) is 8.67. The minimum Gasteiger partial charge on any atom is -0.458 e. The number of fused-ring (bicyclic) bond motifs is 1. The van der Waals surface area contributed by atoms with Gasteiger partial charge in [0.2, 0.25) is 0 Å². The number of nitrogens with zero attached hydrogens (tertiary/aromatic N) is 1. The van der Waals surface area contributed by atoms with Crippen LogP contribution in [0, 0.1) is 0 Å². The Morgan fingerprint density at radius 2 is 2.22 bits per heavy atom. The normalized spacial score (nSPS) is 11.2. The summed E-state index contributed by atoms with van der Waals surface area (Å²) in [5.41, 5.74) is 7.96. The molecular formula is C13H12ClN3O. The van der Waals surface area contributed by atoms with Gasteiger partial charge >= 0.3 is 0 Å². The smallest absolute Gasteiger partial charge is 0.174 e. The van der Waals surface area contributed by atoms with Crippen LogP contribution < -0.4 is 5.73 Å². The maximum atomic E-state index is 5.95. The van der Waals surface area contributed by atoms with Gasteiger partial charge in [-0.1, -0.05) is 18.5 Å². The molecule has 0 saturated carbocycles. The Bertz CT molecular complexity index is 714. The van der Waals surface area contributed by atoms with E-state index in [1.807, 2.05) is 19.1 Å². The van der Waals surface area contributed by atoms with Crippen LogP contribution in [0.25, 0.3) is 22.6 Å². The van der Waals surface area contributed by atoms with E-state index in [2.05, 4.69) is 9.97 Å². The summed E-state index contributed by atoms with van der Waals surface area (Å²) in [5.74, 6) is 2.30. The van der Waals surface area contributed by atoms with Crippen molar-refractivity contribution in [3.8, 4) is 11.6 Å². The molecule has 2 aromatic heterocycles. The second kappa shape index (κ2) is 4.07. The number of halogens is 1. The molecule has 4 nitrogen and oxygen atoms in total. The topological polar surface area (TPSA) is 67.8 Å². The zero-order valence-electron chi connectivity index (χ0n) is 9.83. The minimum absolute atomic E-state index is 0.558. The standard InChI is InChI=1S/C13H12ClN3O/c1-2-8-3-4-11(18-8)13-16-10-6-7(14)5-9(15)12(10)17-13/h3-6H,2,15H2,1H3,(H,16,17).